The zero-order valence-corrected chi connectivity index (χ0v) is 17.5. The van der Waals surface area contributed by atoms with Gasteiger partial charge in [-0.05, 0) is 43.9 Å². The summed E-state index contributed by atoms with van der Waals surface area (Å²) < 4.78 is 25.8. The maximum absolute atomic E-state index is 12.7. The highest BCUT2D eigenvalue weighted by atomic mass is 32.2. The molecule has 8 nitrogen and oxygen atoms in total. The van der Waals surface area contributed by atoms with Crippen LogP contribution in [0.25, 0.3) is 0 Å². The SMILES string of the molecule is CSc1cccc(NC(=O)C(C)N(c2cc([N+](=O)[O-])ccc2C)S(C)(=O)=O)c1. The minimum atomic E-state index is -3.89. The number of nitro benzene ring substituents is 1. The summed E-state index contributed by atoms with van der Waals surface area (Å²) in [6.07, 6.45) is 2.86. The van der Waals surface area contributed by atoms with Gasteiger partial charge in [-0.2, -0.15) is 0 Å². The molecule has 0 aliphatic heterocycles. The Morgan fingerprint density at radius 1 is 1.25 bits per heavy atom. The van der Waals surface area contributed by atoms with Crippen molar-refractivity contribution >= 4 is 44.8 Å². The second-order valence-corrected chi connectivity index (χ2v) is 8.92. The van der Waals surface area contributed by atoms with Crippen molar-refractivity contribution in [2.24, 2.45) is 0 Å². The lowest BCUT2D eigenvalue weighted by Gasteiger charge is -2.29. The fourth-order valence-corrected chi connectivity index (χ4v) is 4.36. The number of thioether (sulfide) groups is 1. The van der Waals surface area contributed by atoms with Crippen molar-refractivity contribution in [2.75, 3.05) is 22.1 Å². The summed E-state index contributed by atoms with van der Waals surface area (Å²) in [5, 5.41) is 13.8. The van der Waals surface area contributed by atoms with Crippen molar-refractivity contribution < 1.29 is 18.1 Å². The second kappa shape index (κ2) is 8.61. The molecule has 0 aromatic heterocycles. The van der Waals surface area contributed by atoms with Gasteiger partial charge >= 0.3 is 0 Å². The van der Waals surface area contributed by atoms with Gasteiger partial charge in [-0.3, -0.25) is 19.2 Å². The Hall–Kier alpha value is -2.59. The van der Waals surface area contributed by atoms with Crippen LogP contribution in [0.4, 0.5) is 17.1 Å². The summed E-state index contributed by atoms with van der Waals surface area (Å²) in [5.41, 5.74) is 0.875. The van der Waals surface area contributed by atoms with Crippen molar-refractivity contribution in [1.29, 1.82) is 0 Å². The third-order valence-electron chi connectivity index (χ3n) is 4.07. The number of sulfonamides is 1. The Bertz CT molecular complexity index is 1010. The van der Waals surface area contributed by atoms with Crippen LogP contribution in [-0.2, 0) is 14.8 Å². The zero-order chi connectivity index (χ0) is 21.1. The fraction of sp³-hybridized carbons (Fsp3) is 0.278. The molecule has 1 atom stereocenters. The molecular formula is C18H21N3O5S2. The van der Waals surface area contributed by atoms with Gasteiger partial charge in [0.2, 0.25) is 15.9 Å². The molecule has 150 valence electrons. The van der Waals surface area contributed by atoms with Crippen LogP contribution in [0.1, 0.15) is 12.5 Å². The first-order valence-electron chi connectivity index (χ1n) is 8.24. The Morgan fingerprint density at radius 2 is 1.93 bits per heavy atom. The lowest BCUT2D eigenvalue weighted by atomic mass is 10.1. The van der Waals surface area contributed by atoms with E-state index >= 15 is 0 Å². The number of aryl methyl sites for hydroxylation is 1. The topological polar surface area (TPSA) is 110 Å². The van der Waals surface area contributed by atoms with Crippen LogP contribution in [0.3, 0.4) is 0 Å². The van der Waals surface area contributed by atoms with Crippen molar-refractivity contribution in [1.82, 2.24) is 0 Å². The van der Waals surface area contributed by atoms with Gasteiger partial charge in [0.1, 0.15) is 6.04 Å². The smallest absolute Gasteiger partial charge is 0.271 e. The fourth-order valence-electron chi connectivity index (χ4n) is 2.68. The lowest BCUT2D eigenvalue weighted by Crippen LogP contribution is -2.45. The van der Waals surface area contributed by atoms with E-state index in [1.807, 2.05) is 12.3 Å². The number of amides is 1. The molecule has 10 heteroatoms. The first kappa shape index (κ1) is 21.7. The predicted octanol–water partition coefficient (Wildman–Crippen LogP) is 3.42. The number of nitro groups is 1. The number of non-ortho nitro benzene ring substituents is 1. The molecule has 2 aromatic carbocycles. The normalized spacial score (nSPS) is 12.3. The van der Waals surface area contributed by atoms with E-state index in [0.717, 1.165) is 21.5 Å². The van der Waals surface area contributed by atoms with Gasteiger partial charge in [-0.15, -0.1) is 11.8 Å². The largest absolute Gasteiger partial charge is 0.324 e. The summed E-state index contributed by atoms with van der Waals surface area (Å²) in [7, 11) is -3.89. The Balaban J connectivity index is 2.42. The third-order valence-corrected chi connectivity index (χ3v) is 6.02. The average molecular weight is 424 g/mol. The minimum Gasteiger partial charge on any atom is -0.324 e. The molecule has 1 unspecified atom stereocenters. The minimum absolute atomic E-state index is 0.0946. The van der Waals surface area contributed by atoms with Gasteiger partial charge in [0, 0.05) is 22.7 Å². The molecule has 2 rings (SSSR count). The van der Waals surface area contributed by atoms with E-state index < -0.39 is 26.9 Å². The second-order valence-electron chi connectivity index (χ2n) is 6.18. The van der Waals surface area contributed by atoms with E-state index in [1.54, 1.807) is 25.1 Å². The van der Waals surface area contributed by atoms with Crippen LogP contribution in [-0.4, -0.2) is 37.8 Å². The van der Waals surface area contributed by atoms with Gasteiger partial charge in [0.05, 0.1) is 16.9 Å². The molecule has 0 aliphatic carbocycles. The average Bonchev–Trinajstić information content (AvgIpc) is 2.62. The van der Waals surface area contributed by atoms with Gasteiger partial charge in [0.25, 0.3) is 5.69 Å². The zero-order valence-electron chi connectivity index (χ0n) is 15.9. The molecule has 2 aromatic rings. The van der Waals surface area contributed by atoms with Crippen molar-refractivity contribution in [2.45, 2.75) is 24.8 Å². The summed E-state index contributed by atoms with van der Waals surface area (Å²) in [5.74, 6) is -0.547. The van der Waals surface area contributed by atoms with Crippen LogP contribution in [0, 0.1) is 17.0 Å². The summed E-state index contributed by atoms with van der Waals surface area (Å²) in [6, 6.07) is 9.94. The molecule has 28 heavy (non-hydrogen) atoms. The molecule has 0 saturated heterocycles. The number of nitrogens with one attached hydrogen (secondary N) is 1. The van der Waals surface area contributed by atoms with Gasteiger partial charge in [-0.1, -0.05) is 12.1 Å². The third kappa shape index (κ3) is 5.02. The maximum Gasteiger partial charge on any atom is 0.271 e. The molecule has 1 amide bonds. The molecule has 0 fully saturated rings. The summed E-state index contributed by atoms with van der Waals surface area (Å²) in [6.45, 7) is 3.07. The van der Waals surface area contributed by atoms with Crippen LogP contribution < -0.4 is 9.62 Å². The van der Waals surface area contributed by atoms with E-state index in [-0.39, 0.29) is 11.4 Å². The lowest BCUT2D eigenvalue weighted by molar-refractivity contribution is -0.384. The Morgan fingerprint density at radius 3 is 2.50 bits per heavy atom. The number of anilines is 2. The standard InChI is InChI=1S/C18H21N3O5S2/c1-12-8-9-15(21(23)24)11-17(12)20(28(4,25)26)13(2)18(22)19-14-6-5-7-16(10-14)27-3/h5-11,13H,1-4H3,(H,19,22). The number of carbonyl (C=O) groups is 1. The molecule has 0 heterocycles. The molecule has 0 aliphatic rings. The predicted molar refractivity (Wildman–Crippen MR) is 111 cm³/mol. The van der Waals surface area contributed by atoms with Crippen LogP contribution in [0.2, 0.25) is 0 Å². The summed E-state index contributed by atoms with van der Waals surface area (Å²) >= 11 is 1.51. The molecule has 0 spiro atoms. The molecule has 0 radical (unpaired) electrons. The number of benzene rings is 2. The van der Waals surface area contributed by atoms with E-state index in [1.165, 1.54) is 30.8 Å². The van der Waals surface area contributed by atoms with Crippen molar-refractivity contribution in [3.63, 3.8) is 0 Å². The van der Waals surface area contributed by atoms with Crippen LogP contribution >= 0.6 is 11.8 Å². The summed E-state index contributed by atoms with van der Waals surface area (Å²) in [4.78, 5) is 24.2. The van der Waals surface area contributed by atoms with E-state index in [0.29, 0.717) is 11.3 Å². The number of hydrogen-bond acceptors (Lipinski definition) is 6. The van der Waals surface area contributed by atoms with E-state index in [2.05, 4.69) is 5.32 Å². The first-order chi connectivity index (χ1) is 13.0. The maximum atomic E-state index is 12.7. The number of hydrogen-bond donors (Lipinski definition) is 1. The quantitative estimate of drug-likeness (QED) is 0.415. The highest BCUT2D eigenvalue weighted by Gasteiger charge is 2.31. The van der Waals surface area contributed by atoms with Crippen LogP contribution in [0.15, 0.2) is 47.4 Å². The van der Waals surface area contributed by atoms with Crippen LogP contribution in [0.5, 0.6) is 0 Å². The molecular weight excluding hydrogens is 402 g/mol. The van der Waals surface area contributed by atoms with Gasteiger partial charge in [-0.25, -0.2) is 8.42 Å². The Kier molecular flexibility index (Phi) is 6.68. The van der Waals surface area contributed by atoms with Gasteiger partial charge < -0.3 is 5.32 Å². The number of rotatable bonds is 7. The van der Waals surface area contributed by atoms with E-state index in [9.17, 15) is 23.3 Å². The van der Waals surface area contributed by atoms with Crippen molar-refractivity contribution in [3.05, 3.63) is 58.1 Å². The van der Waals surface area contributed by atoms with Gasteiger partial charge in [0.15, 0.2) is 0 Å². The Labute approximate surface area is 168 Å². The first-order valence-corrected chi connectivity index (χ1v) is 11.3. The number of carbonyl (C=O) groups excluding carboxylic acids is 1. The van der Waals surface area contributed by atoms with Crippen molar-refractivity contribution in [3.8, 4) is 0 Å². The van der Waals surface area contributed by atoms with E-state index in [4.69, 9.17) is 0 Å². The molecule has 0 bridgehead atoms. The highest BCUT2D eigenvalue weighted by Crippen LogP contribution is 2.29. The monoisotopic (exact) mass is 423 g/mol. The highest BCUT2D eigenvalue weighted by molar-refractivity contribution is 7.98. The molecule has 0 saturated carbocycles. The molecule has 1 N–H and O–H groups in total. The number of nitrogens with zero attached hydrogens (tertiary/aromatic N) is 2.